The molecule has 2 amide bonds. The largest absolute Gasteiger partial charge is 0.490 e. The van der Waals surface area contributed by atoms with E-state index in [1.165, 1.54) is 0 Å². The van der Waals surface area contributed by atoms with Crippen LogP contribution in [-0.4, -0.2) is 22.8 Å². The standard InChI is InChI=1S/C13H11F3N4O2S/c1-2-7-22-9-5-3-8(4-6-9)17-11(21)18-12-20-19-10(23-12)13(14,15)16/h2-6H,1,7H2,(H2,17,18,20,21). The molecule has 2 aromatic rings. The Labute approximate surface area is 133 Å². The fourth-order valence-electron chi connectivity index (χ4n) is 1.44. The number of carbonyl (C=O) groups is 1. The average Bonchev–Trinajstić information content (AvgIpc) is 2.95. The van der Waals surface area contributed by atoms with Crippen LogP contribution in [0, 0.1) is 0 Å². The lowest BCUT2D eigenvalue weighted by atomic mass is 10.3. The Morgan fingerprint density at radius 2 is 1.96 bits per heavy atom. The molecule has 1 heterocycles. The van der Waals surface area contributed by atoms with Crippen molar-refractivity contribution < 1.29 is 22.7 Å². The topological polar surface area (TPSA) is 76.1 Å². The van der Waals surface area contributed by atoms with E-state index in [0.29, 0.717) is 18.0 Å². The first-order chi connectivity index (χ1) is 10.9. The number of ether oxygens (including phenoxy) is 1. The van der Waals surface area contributed by atoms with Gasteiger partial charge in [-0.25, -0.2) is 4.79 Å². The van der Waals surface area contributed by atoms with Gasteiger partial charge in [0.15, 0.2) is 0 Å². The van der Waals surface area contributed by atoms with Crippen LogP contribution in [0.1, 0.15) is 5.01 Å². The highest BCUT2D eigenvalue weighted by molar-refractivity contribution is 7.15. The van der Waals surface area contributed by atoms with E-state index in [1.807, 2.05) is 0 Å². The van der Waals surface area contributed by atoms with Crippen LogP contribution in [-0.2, 0) is 6.18 Å². The fourth-order valence-corrected chi connectivity index (χ4v) is 2.04. The van der Waals surface area contributed by atoms with Crippen molar-refractivity contribution in [2.24, 2.45) is 0 Å². The highest BCUT2D eigenvalue weighted by Crippen LogP contribution is 2.33. The molecule has 0 aliphatic carbocycles. The van der Waals surface area contributed by atoms with Crippen LogP contribution in [0.3, 0.4) is 0 Å². The minimum atomic E-state index is -4.59. The smallest absolute Gasteiger partial charge is 0.445 e. The third kappa shape index (κ3) is 4.95. The number of hydrogen-bond donors (Lipinski definition) is 2. The number of anilines is 2. The summed E-state index contributed by atoms with van der Waals surface area (Å²) in [5.41, 5.74) is 0.439. The van der Waals surface area contributed by atoms with Crippen molar-refractivity contribution in [3.05, 3.63) is 41.9 Å². The molecule has 122 valence electrons. The molecule has 1 aromatic heterocycles. The maximum atomic E-state index is 12.4. The van der Waals surface area contributed by atoms with E-state index in [0.717, 1.165) is 0 Å². The van der Waals surface area contributed by atoms with Crippen molar-refractivity contribution in [1.29, 1.82) is 0 Å². The Kier molecular flexibility index (Phi) is 5.16. The van der Waals surface area contributed by atoms with Crippen molar-refractivity contribution in [3.8, 4) is 5.75 Å². The van der Waals surface area contributed by atoms with Crippen molar-refractivity contribution in [2.75, 3.05) is 17.2 Å². The Morgan fingerprint density at radius 3 is 2.52 bits per heavy atom. The first-order valence-electron chi connectivity index (χ1n) is 6.21. The molecule has 0 radical (unpaired) electrons. The van der Waals surface area contributed by atoms with Crippen LogP contribution < -0.4 is 15.4 Å². The number of nitrogens with zero attached hydrogens (tertiary/aromatic N) is 2. The number of nitrogens with one attached hydrogen (secondary N) is 2. The summed E-state index contributed by atoms with van der Waals surface area (Å²) >= 11 is 0.242. The van der Waals surface area contributed by atoms with Crippen molar-refractivity contribution >= 4 is 28.2 Å². The number of benzene rings is 1. The second-order valence-electron chi connectivity index (χ2n) is 4.11. The van der Waals surface area contributed by atoms with E-state index in [2.05, 4.69) is 27.4 Å². The summed E-state index contributed by atoms with van der Waals surface area (Å²) < 4.78 is 42.4. The van der Waals surface area contributed by atoms with Gasteiger partial charge in [-0.1, -0.05) is 24.0 Å². The summed E-state index contributed by atoms with van der Waals surface area (Å²) in [7, 11) is 0. The number of aromatic nitrogens is 2. The van der Waals surface area contributed by atoms with Gasteiger partial charge in [0.25, 0.3) is 0 Å². The third-order valence-electron chi connectivity index (χ3n) is 2.37. The molecule has 2 N–H and O–H groups in total. The summed E-state index contributed by atoms with van der Waals surface area (Å²) in [5.74, 6) is 0.592. The van der Waals surface area contributed by atoms with E-state index in [9.17, 15) is 18.0 Å². The van der Waals surface area contributed by atoms with E-state index < -0.39 is 17.2 Å². The van der Waals surface area contributed by atoms with Crippen molar-refractivity contribution in [1.82, 2.24) is 10.2 Å². The maximum absolute atomic E-state index is 12.4. The predicted octanol–water partition coefficient (Wildman–Crippen LogP) is 3.77. The van der Waals surface area contributed by atoms with E-state index >= 15 is 0 Å². The summed E-state index contributed by atoms with van der Waals surface area (Å²) in [6, 6.07) is 5.70. The Bertz CT molecular complexity index is 685. The maximum Gasteiger partial charge on any atom is 0.445 e. The van der Waals surface area contributed by atoms with Gasteiger partial charge in [0.1, 0.15) is 12.4 Å². The number of halogens is 3. The third-order valence-corrected chi connectivity index (χ3v) is 3.25. The van der Waals surface area contributed by atoms with Gasteiger partial charge in [0.05, 0.1) is 0 Å². The van der Waals surface area contributed by atoms with Crippen LogP contribution in [0.2, 0.25) is 0 Å². The molecule has 1 aromatic carbocycles. The first-order valence-corrected chi connectivity index (χ1v) is 7.02. The second-order valence-corrected chi connectivity index (χ2v) is 5.09. The van der Waals surface area contributed by atoms with Gasteiger partial charge in [-0.3, -0.25) is 5.32 Å². The molecule has 0 aliphatic heterocycles. The number of urea groups is 1. The zero-order chi connectivity index (χ0) is 16.9. The van der Waals surface area contributed by atoms with E-state index in [-0.39, 0.29) is 16.5 Å². The lowest BCUT2D eigenvalue weighted by molar-refractivity contribution is -0.138. The Morgan fingerprint density at radius 1 is 1.26 bits per heavy atom. The Hall–Kier alpha value is -2.62. The summed E-state index contributed by atoms with van der Waals surface area (Å²) in [6.45, 7) is 3.87. The van der Waals surface area contributed by atoms with Gasteiger partial charge in [-0.15, -0.1) is 10.2 Å². The van der Waals surface area contributed by atoms with Crippen LogP contribution >= 0.6 is 11.3 Å². The molecule has 23 heavy (non-hydrogen) atoms. The van der Waals surface area contributed by atoms with Gasteiger partial charge in [0, 0.05) is 5.69 Å². The molecule has 0 spiro atoms. The van der Waals surface area contributed by atoms with E-state index in [1.54, 1.807) is 30.3 Å². The second kappa shape index (κ2) is 7.09. The summed E-state index contributed by atoms with van der Waals surface area (Å²) in [6.07, 6.45) is -2.99. The molecule has 0 aliphatic rings. The van der Waals surface area contributed by atoms with Crippen molar-refractivity contribution in [2.45, 2.75) is 6.18 Å². The number of hydrogen-bond acceptors (Lipinski definition) is 5. The van der Waals surface area contributed by atoms with Crippen LogP contribution in [0.15, 0.2) is 36.9 Å². The molecule has 0 saturated heterocycles. The summed E-state index contributed by atoms with van der Waals surface area (Å²) in [4.78, 5) is 11.7. The van der Waals surface area contributed by atoms with Gasteiger partial charge >= 0.3 is 12.2 Å². The highest BCUT2D eigenvalue weighted by atomic mass is 32.1. The van der Waals surface area contributed by atoms with Crippen molar-refractivity contribution in [3.63, 3.8) is 0 Å². The molecule has 0 fully saturated rings. The van der Waals surface area contributed by atoms with Gasteiger partial charge in [-0.05, 0) is 24.3 Å². The molecule has 6 nitrogen and oxygen atoms in total. The minimum absolute atomic E-state index is 0.242. The predicted molar refractivity (Wildman–Crippen MR) is 79.7 cm³/mol. The summed E-state index contributed by atoms with van der Waals surface area (Å²) in [5, 5.41) is 9.48. The van der Waals surface area contributed by atoms with Gasteiger partial charge in [0.2, 0.25) is 10.1 Å². The molecule has 0 atom stereocenters. The number of alkyl halides is 3. The normalized spacial score (nSPS) is 10.9. The average molecular weight is 344 g/mol. The minimum Gasteiger partial charge on any atom is -0.490 e. The number of carbonyl (C=O) groups excluding carboxylic acids is 1. The number of rotatable bonds is 5. The lowest BCUT2D eigenvalue weighted by Crippen LogP contribution is -2.19. The molecule has 10 heteroatoms. The highest BCUT2D eigenvalue weighted by Gasteiger charge is 2.35. The molecule has 0 saturated carbocycles. The fraction of sp³-hybridized carbons (Fsp3) is 0.154. The van der Waals surface area contributed by atoms with Crippen LogP contribution in [0.25, 0.3) is 0 Å². The zero-order valence-corrected chi connectivity index (χ0v) is 12.4. The zero-order valence-electron chi connectivity index (χ0n) is 11.6. The lowest BCUT2D eigenvalue weighted by Gasteiger charge is -2.07. The van der Waals surface area contributed by atoms with E-state index in [4.69, 9.17) is 4.74 Å². The number of amides is 2. The monoisotopic (exact) mass is 344 g/mol. The Balaban J connectivity index is 1.91. The van der Waals surface area contributed by atoms with Crippen LogP contribution in [0.5, 0.6) is 5.75 Å². The SMILES string of the molecule is C=CCOc1ccc(NC(=O)Nc2nnc(C(F)(F)F)s2)cc1. The van der Waals surface area contributed by atoms with Gasteiger partial charge < -0.3 is 10.1 Å². The molecule has 0 unspecified atom stereocenters. The molecular weight excluding hydrogens is 333 g/mol. The quantitative estimate of drug-likeness (QED) is 0.810. The molecular formula is C13H11F3N4O2S. The van der Waals surface area contributed by atoms with Gasteiger partial charge in [-0.2, -0.15) is 13.2 Å². The first kappa shape index (κ1) is 16.7. The molecule has 0 bridgehead atoms. The molecule has 2 rings (SSSR count). The van der Waals surface area contributed by atoms with Crippen LogP contribution in [0.4, 0.5) is 28.8 Å².